The lowest BCUT2D eigenvalue weighted by molar-refractivity contribution is 0.115. The van der Waals surface area contributed by atoms with E-state index >= 15 is 0 Å². The Balaban J connectivity index is 2.59. The standard InChI is InChI=1S/C17H22N6O3/c1-5-19-9-14-16(26-11(2)23(3)10-18)15(22-17(24)21-14)13-7-6-12(25-4)8-20-13/h6-11,18H,5H2,1-4H3,(H,21,22,24). The second kappa shape index (κ2) is 8.75. The Labute approximate surface area is 151 Å². The highest BCUT2D eigenvalue weighted by molar-refractivity contribution is 5.84. The smallest absolute Gasteiger partial charge is 0.346 e. The molecule has 0 aliphatic rings. The fraction of sp³-hybridized carbons (Fsp3) is 0.353. The normalized spacial score (nSPS) is 12.0. The third-order valence-corrected chi connectivity index (χ3v) is 3.60. The van der Waals surface area contributed by atoms with Crippen molar-refractivity contribution in [3.8, 4) is 22.9 Å². The molecule has 0 amide bonds. The summed E-state index contributed by atoms with van der Waals surface area (Å²) in [5, 5.41) is 7.36. The van der Waals surface area contributed by atoms with Gasteiger partial charge in [0, 0.05) is 19.8 Å². The highest BCUT2D eigenvalue weighted by atomic mass is 16.5. The van der Waals surface area contributed by atoms with Crippen LogP contribution in [0.3, 0.4) is 0 Å². The van der Waals surface area contributed by atoms with E-state index in [0.717, 1.165) is 6.34 Å². The molecule has 0 bridgehead atoms. The molecule has 2 aromatic rings. The maximum absolute atomic E-state index is 12.0. The number of ether oxygens (including phenoxy) is 2. The van der Waals surface area contributed by atoms with Crippen molar-refractivity contribution in [3.63, 3.8) is 0 Å². The topological polar surface area (TPSA) is 117 Å². The maximum atomic E-state index is 12.0. The molecule has 0 aliphatic carbocycles. The molecule has 1 unspecified atom stereocenters. The fourth-order valence-corrected chi connectivity index (χ4v) is 2.05. The van der Waals surface area contributed by atoms with E-state index in [4.69, 9.17) is 14.9 Å². The highest BCUT2D eigenvalue weighted by Crippen LogP contribution is 2.29. The van der Waals surface area contributed by atoms with Gasteiger partial charge in [-0.1, -0.05) is 0 Å². The first-order chi connectivity index (χ1) is 12.5. The summed E-state index contributed by atoms with van der Waals surface area (Å²) in [4.78, 5) is 28.7. The number of aliphatic imine (C=N–C) groups is 1. The summed E-state index contributed by atoms with van der Waals surface area (Å²) in [7, 11) is 3.26. The summed E-state index contributed by atoms with van der Waals surface area (Å²) in [5.41, 5.74) is 0.613. The van der Waals surface area contributed by atoms with Crippen LogP contribution in [0.15, 0.2) is 28.1 Å². The van der Waals surface area contributed by atoms with Gasteiger partial charge in [0.05, 0.1) is 25.3 Å². The van der Waals surface area contributed by atoms with Gasteiger partial charge >= 0.3 is 5.69 Å². The SMILES string of the molecule is CCN=Cc1[nH]c(=O)nc(-c2ccc(OC)cn2)c1OC(C)N(C)C=N. The molecule has 138 valence electrons. The van der Waals surface area contributed by atoms with Crippen LogP contribution in [0.4, 0.5) is 0 Å². The summed E-state index contributed by atoms with van der Waals surface area (Å²) in [5.74, 6) is 0.923. The van der Waals surface area contributed by atoms with Crippen LogP contribution in [0.5, 0.6) is 11.5 Å². The molecule has 26 heavy (non-hydrogen) atoms. The Bertz CT molecular complexity index is 831. The van der Waals surface area contributed by atoms with Gasteiger partial charge in [-0.3, -0.25) is 15.4 Å². The van der Waals surface area contributed by atoms with Crippen molar-refractivity contribution in [2.75, 3.05) is 20.7 Å². The Morgan fingerprint density at radius 1 is 1.46 bits per heavy atom. The van der Waals surface area contributed by atoms with Gasteiger partial charge < -0.3 is 19.4 Å². The molecular weight excluding hydrogens is 336 g/mol. The van der Waals surface area contributed by atoms with Crippen molar-refractivity contribution < 1.29 is 9.47 Å². The molecule has 0 saturated heterocycles. The van der Waals surface area contributed by atoms with Crippen LogP contribution < -0.4 is 15.2 Å². The number of aromatic nitrogens is 3. The van der Waals surface area contributed by atoms with Gasteiger partial charge in [-0.05, 0) is 26.0 Å². The van der Waals surface area contributed by atoms with E-state index < -0.39 is 11.9 Å². The minimum absolute atomic E-state index is 0.291. The largest absolute Gasteiger partial charge is 0.495 e. The van der Waals surface area contributed by atoms with Gasteiger partial charge in [0.1, 0.15) is 17.1 Å². The van der Waals surface area contributed by atoms with Crippen molar-refractivity contribution in [3.05, 3.63) is 34.5 Å². The third-order valence-electron chi connectivity index (χ3n) is 3.60. The summed E-state index contributed by atoms with van der Waals surface area (Å²) >= 11 is 0. The minimum Gasteiger partial charge on any atom is -0.495 e. The molecule has 0 saturated carbocycles. The summed E-state index contributed by atoms with van der Waals surface area (Å²) in [6, 6.07) is 3.42. The first-order valence-corrected chi connectivity index (χ1v) is 8.03. The number of hydrogen-bond donors (Lipinski definition) is 2. The summed E-state index contributed by atoms with van der Waals surface area (Å²) < 4.78 is 11.1. The Morgan fingerprint density at radius 2 is 2.23 bits per heavy atom. The number of hydrogen-bond acceptors (Lipinski definition) is 7. The molecule has 2 rings (SSSR count). The number of rotatable bonds is 8. The van der Waals surface area contributed by atoms with Crippen molar-refractivity contribution in [1.29, 1.82) is 5.41 Å². The van der Waals surface area contributed by atoms with Crippen LogP contribution in [0.1, 0.15) is 19.5 Å². The van der Waals surface area contributed by atoms with Gasteiger partial charge in [0.15, 0.2) is 12.0 Å². The molecule has 0 fully saturated rings. The average Bonchev–Trinajstić information content (AvgIpc) is 2.66. The molecule has 0 aliphatic heterocycles. The van der Waals surface area contributed by atoms with Gasteiger partial charge in [0.25, 0.3) is 0 Å². The first-order valence-electron chi connectivity index (χ1n) is 8.03. The number of nitrogens with zero attached hydrogens (tertiary/aromatic N) is 4. The predicted molar refractivity (Wildman–Crippen MR) is 99.4 cm³/mol. The fourth-order valence-electron chi connectivity index (χ4n) is 2.05. The van der Waals surface area contributed by atoms with E-state index in [0.29, 0.717) is 35.1 Å². The molecule has 2 N–H and O–H groups in total. The lowest BCUT2D eigenvalue weighted by Gasteiger charge is -2.24. The van der Waals surface area contributed by atoms with Crippen molar-refractivity contribution >= 4 is 12.6 Å². The van der Waals surface area contributed by atoms with Crippen LogP contribution in [-0.2, 0) is 0 Å². The number of pyridine rings is 1. The van der Waals surface area contributed by atoms with Crippen LogP contribution in [-0.4, -0.2) is 59.3 Å². The Kier molecular flexibility index (Phi) is 6.42. The Hall–Kier alpha value is -3.23. The molecule has 0 aromatic carbocycles. The van der Waals surface area contributed by atoms with Crippen LogP contribution in [0.25, 0.3) is 11.4 Å². The van der Waals surface area contributed by atoms with Gasteiger partial charge in [-0.2, -0.15) is 4.98 Å². The molecular formula is C17H22N6O3. The summed E-state index contributed by atoms with van der Waals surface area (Å²) in [6.45, 7) is 4.21. The molecule has 0 spiro atoms. The monoisotopic (exact) mass is 358 g/mol. The molecule has 0 radical (unpaired) electrons. The number of nitrogens with one attached hydrogen (secondary N) is 2. The van der Waals surface area contributed by atoms with Crippen LogP contribution in [0.2, 0.25) is 0 Å². The van der Waals surface area contributed by atoms with E-state index in [2.05, 4.69) is 19.9 Å². The zero-order valence-corrected chi connectivity index (χ0v) is 15.2. The lowest BCUT2D eigenvalue weighted by atomic mass is 10.2. The van der Waals surface area contributed by atoms with Crippen molar-refractivity contribution in [1.82, 2.24) is 19.9 Å². The third kappa shape index (κ3) is 4.44. The molecule has 2 heterocycles. The maximum Gasteiger partial charge on any atom is 0.346 e. The number of methoxy groups -OCH3 is 1. The predicted octanol–water partition coefficient (Wildman–Crippen LogP) is 1.54. The van der Waals surface area contributed by atoms with Crippen LogP contribution in [0, 0.1) is 5.41 Å². The first kappa shape index (κ1) is 19.1. The molecule has 9 nitrogen and oxygen atoms in total. The van der Waals surface area contributed by atoms with Crippen molar-refractivity contribution in [2.24, 2.45) is 4.99 Å². The van der Waals surface area contributed by atoms with Gasteiger partial charge in [0.2, 0.25) is 0 Å². The Morgan fingerprint density at radius 3 is 2.81 bits per heavy atom. The van der Waals surface area contributed by atoms with E-state index in [1.807, 2.05) is 6.92 Å². The lowest BCUT2D eigenvalue weighted by Crippen LogP contribution is -2.33. The molecule has 2 aromatic heterocycles. The second-order valence-electron chi connectivity index (χ2n) is 5.36. The zero-order valence-electron chi connectivity index (χ0n) is 15.2. The quantitative estimate of drug-likeness (QED) is 0.420. The van der Waals surface area contributed by atoms with E-state index in [1.165, 1.54) is 12.4 Å². The van der Waals surface area contributed by atoms with Gasteiger partial charge in [-0.15, -0.1) is 0 Å². The minimum atomic E-state index is -0.532. The zero-order chi connectivity index (χ0) is 19.1. The number of H-pyrrole nitrogens is 1. The van der Waals surface area contributed by atoms with E-state index in [1.54, 1.807) is 38.1 Å². The average molecular weight is 358 g/mol. The second-order valence-corrected chi connectivity index (χ2v) is 5.36. The molecule has 9 heteroatoms. The van der Waals surface area contributed by atoms with E-state index in [9.17, 15) is 4.79 Å². The van der Waals surface area contributed by atoms with Crippen LogP contribution >= 0.6 is 0 Å². The number of aromatic amines is 1. The highest BCUT2D eigenvalue weighted by Gasteiger charge is 2.19. The van der Waals surface area contributed by atoms with Gasteiger partial charge in [-0.25, -0.2) is 4.79 Å². The van der Waals surface area contributed by atoms with E-state index in [-0.39, 0.29) is 0 Å². The summed E-state index contributed by atoms with van der Waals surface area (Å²) in [6.07, 6.45) is 3.75. The molecule has 1 atom stereocenters. The van der Waals surface area contributed by atoms with Crippen molar-refractivity contribution in [2.45, 2.75) is 20.1 Å².